The maximum absolute atomic E-state index is 13.1. The molecule has 1 saturated heterocycles. The molecule has 1 aliphatic heterocycles. The fourth-order valence-corrected chi connectivity index (χ4v) is 1.40. The molecule has 0 bridgehead atoms. The molecule has 0 aliphatic carbocycles. The van der Waals surface area contributed by atoms with Gasteiger partial charge < -0.3 is 14.4 Å². The van der Waals surface area contributed by atoms with Gasteiger partial charge in [-0.2, -0.15) is 0 Å². The molecule has 0 aromatic heterocycles. The van der Waals surface area contributed by atoms with Crippen LogP contribution in [0.15, 0.2) is 24.3 Å². The number of ether oxygens (including phenoxy) is 2. The number of amides is 1. The molecule has 0 atom stereocenters. The van der Waals surface area contributed by atoms with Gasteiger partial charge in [-0.25, -0.2) is 4.39 Å². The van der Waals surface area contributed by atoms with Crippen molar-refractivity contribution in [3.8, 4) is 5.75 Å². The van der Waals surface area contributed by atoms with Crippen molar-refractivity contribution in [1.82, 2.24) is 4.90 Å². The third-order valence-corrected chi connectivity index (χ3v) is 2.29. The highest BCUT2D eigenvalue weighted by atomic mass is 19.1. The second kappa shape index (κ2) is 4.94. The van der Waals surface area contributed by atoms with E-state index in [-0.39, 0.29) is 18.3 Å². The van der Waals surface area contributed by atoms with Gasteiger partial charge in [0, 0.05) is 6.54 Å². The van der Waals surface area contributed by atoms with Gasteiger partial charge in [0.05, 0.1) is 6.61 Å². The van der Waals surface area contributed by atoms with E-state index in [9.17, 15) is 9.18 Å². The van der Waals surface area contributed by atoms with E-state index in [0.29, 0.717) is 19.9 Å². The minimum Gasteiger partial charge on any atom is -0.481 e. The molecule has 1 aromatic carbocycles. The third kappa shape index (κ3) is 2.49. The topological polar surface area (TPSA) is 38.8 Å². The van der Waals surface area contributed by atoms with E-state index in [4.69, 9.17) is 9.47 Å². The van der Waals surface area contributed by atoms with Gasteiger partial charge >= 0.3 is 0 Å². The summed E-state index contributed by atoms with van der Waals surface area (Å²) in [6.07, 6.45) is 0. The van der Waals surface area contributed by atoms with Crippen LogP contribution in [0.2, 0.25) is 0 Å². The summed E-state index contributed by atoms with van der Waals surface area (Å²) in [5.74, 6) is -0.565. The lowest BCUT2D eigenvalue weighted by Gasteiger charge is -2.14. The monoisotopic (exact) mass is 225 g/mol. The quantitative estimate of drug-likeness (QED) is 0.771. The van der Waals surface area contributed by atoms with Crippen LogP contribution in [0.1, 0.15) is 0 Å². The van der Waals surface area contributed by atoms with Crippen LogP contribution in [0, 0.1) is 5.82 Å². The van der Waals surface area contributed by atoms with Crippen LogP contribution in [0.5, 0.6) is 5.75 Å². The fourth-order valence-electron chi connectivity index (χ4n) is 1.40. The van der Waals surface area contributed by atoms with Crippen molar-refractivity contribution in [2.45, 2.75) is 0 Å². The molecule has 1 aromatic rings. The minimum absolute atomic E-state index is 0.0935. The maximum atomic E-state index is 13.1. The summed E-state index contributed by atoms with van der Waals surface area (Å²) in [6, 6.07) is 6.00. The fraction of sp³-hybridized carbons (Fsp3) is 0.364. The Hall–Kier alpha value is -1.62. The van der Waals surface area contributed by atoms with Gasteiger partial charge in [-0.1, -0.05) is 12.1 Å². The summed E-state index contributed by atoms with van der Waals surface area (Å²) in [7, 11) is 0. The first-order valence-electron chi connectivity index (χ1n) is 5.00. The summed E-state index contributed by atoms with van der Waals surface area (Å²) >= 11 is 0. The molecule has 16 heavy (non-hydrogen) atoms. The van der Waals surface area contributed by atoms with E-state index >= 15 is 0 Å². The van der Waals surface area contributed by atoms with Gasteiger partial charge in [0.1, 0.15) is 6.73 Å². The van der Waals surface area contributed by atoms with Crippen molar-refractivity contribution < 1.29 is 18.7 Å². The predicted octanol–water partition coefficient (Wildman–Crippen LogP) is 1.02. The Balaban J connectivity index is 1.87. The molecule has 1 heterocycles. The van der Waals surface area contributed by atoms with E-state index < -0.39 is 5.82 Å². The van der Waals surface area contributed by atoms with Crippen LogP contribution >= 0.6 is 0 Å². The molecule has 0 spiro atoms. The Morgan fingerprint density at radius 1 is 1.50 bits per heavy atom. The number of para-hydroxylation sites is 1. The first-order chi connectivity index (χ1) is 7.77. The molecule has 0 radical (unpaired) electrons. The number of carbonyl (C=O) groups excluding carboxylic acids is 1. The molecule has 1 amide bonds. The van der Waals surface area contributed by atoms with E-state index in [2.05, 4.69) is 0 Å². The van der Waals surface area contributed by atoms with Crippen LogP contribution in [-0.2, 0) is 9.53 Å². The molecule has 1 fully saturated rings. The van der Waals surface area contributed by atoms with Crippen LogP contribution in [-0.4, -0.2) is 37.3 Å². The second-order valence-corrected chi connectivity index (χ2v) is 3.41. The Kier molecular flexibility index (Phi) is 3.36. The van der Waals surface area contributed by atoms with Gasteiger partial charge in [0.15, 0.2) is 18.2 Å². The number of rotatable bonds is 3. The van der Waals surface area contributed by atoms with E-state index in [1.807, 2.05) is 0 Å². The van der Waals surface area contributed by atoms with Crippen LogP contribution in [0.4, 0.5) is 4.39 Å². The Morgan fingerprint density at radius 3 is 3.00 bits per heavy atom. The number of nitrogens with zero attached hydrogens (tertiary/aromatic N) is 1. The van der Waals surface area contributed by atoms with Crippen LogP contribution < -0.4 is 4.74 Å². The minimum atomic E-state index is -0.465. The summed E-state index contributed by atoms with van der Waals surface area (Å²) in [5, 5.41) is 0. The first kappa shape index (κ1) is 10.9. The molecule has 2 rings (SSSR count). The average Bonchev–Trinajstić information content (AvgIpc) is 2.81. The molecular formula is C11H12FNO3. The van der Waals surface area contributed by atoms with Gasteiger partial charge in [0.2, 0.25) is 0 Å². The first-order valence-corrected chi connectivity index (χ1v) is 5.00. The van der Waals surface area contributed by atoms with Crippen LogP contribution in [0.25, 0.3) is 0 Å². The highest BCUT2D eigenvalue weighted by Gasteiger charge is 2.18. The van der Waals surface area contributed by atoms with Gasteiger partial charge in [-0.05, 0) is 12.1 Å². The lowest BCUT2D eigenvalue weighted by atomic mass is 10.3. The molecule has 0 unspecified atom stereocenters. The Labute approximate surface area is 92.6 Å². The standard InChI is InChI=1S/C11H12FNO3/c12-9-3-1-2-4-10(9)16-7-11(14)13-5-6-15-8-13/h1-4H,5-8H2. The maximum Gasteiger partial charge on any atom is 0.262 e. The molecular weight excluding hydrogens is 213 g/mol. The number of benzene rings is 1. The molecule has 1 aliphatic rings. The highest BCUT2D eigenvalue weighted by Crippen LogP contribution is 2.15. The normalized spacial score (nSPS) is 15.2. The number of halogens is 1. The van der Waals surface area contributed by atoms with E-state index in [1.54, 1.807) is 12.1 Å². The number of carbonyl (C=O) groups is 1. The summed E-state index contributed by atoms with van der Waals surface area (Å²) in [6.45, 7) is 1.24. The summed E-state index contributed by atoms with van der Waals surface area (Å²) in [5.41, 5.74) is 0. The molecule has 0 N–H and O–H groups in total. The van der Waals surface area contributed by atoms with Crippen LogP contribution in [0.3, 0.4) is 0 Å². The van der Waals surface area contributed by atoms with Crippen molar-refractivity contribution in [2.24, 2.45) is 0 Å². The zero-order chi connectivity index (χ0) is 11.4. The van der Waals surface area contributed by atoms with Crippen molar-refractivity contribution >= 4 is 5.91 Å². The molecule has 0 saturated carbocycles. The largest absolute Gasteiger partial charge is 0.481 e. The lowest BCUT2D eigenvalue weighted by molar-refractivity contribution is -0.133. The van der Waals surface area contributed by atoms with Crippen molar-refractivity contribution in [3.05, 3.63) is 30.1 Å². The zero-order valence-electron chi connectivity index (χ0n) is 8.69. The molecule has 4 nitrogen and oxygen atoms in total. The number of hydrogen-bond acceptors (Lipinski definition) is 3. The zero-order valence-corrected chi connectivity index (χ0v) is 8.69. The van der Waals surface area contributed by atoms with Gasteiger partial charge in [-0.3, -0.25) is 4.79 Å². The molecule has 5 heteroatoms. The van der Waals surface area contributed by atoms with Crippen molar-refractivity contribution in [3.63, 3.8) is 0 Å². The predicted molar refractivity (Wildman–Crippen MR) is 54.4 cm³/mol. The lowest BCUT2D eigenvalue weighted by Crippen LogP contribution is -2.32. The Bertz CT molecular complexity index is 377. The highest BCUT2D eigenvalue weighted by molar-refractivity contribution is 5.77. The van der Waals surface area contributed by atoms with Crippen molar-refractivity contribution in [2.75, 3.05) is 26.5 Å². The smallest absolute Gasteiger partial charge is 0.262 e. The average molecular weight is 225 g/mol. The van der Waals surface area contributed by atoms with Crippen molar-refractivity contribution in [1.29, 1.82) is 0 Å². The third-order valence-electron chi connectivity index (χ3n) is 2.29. The second-order valence-electron chi connectivity index (χ2n) is 3.41. The summed E-state index contributed by atoms with van der Waals surface area (Å²) in [4.78, 5) is 13.1. The summed E-state index contributed by atoms with van der Waals surface area (Å²) < 4.78 is 23.3. The Morgan fingerprint density at radius 2 is 2.31 bits per heavy atom. The number of hydrogen-bond donors (Lipinski definition) is 0. The van der Waals surface area contributed by atoms with Gasteiger partial charge in [-0.15, -0.1) is 0 Å². The van der Waals surface area contributed by atoms with Gasteiger partial charge in [0.25, 0.3) is 5.91 Å². The van der Waals surface area contributed by atoms with E-state index in [0.717, 1.165) is 0 Å². The SMILES string of the molecule is O=C(COc1ccccc1F)N1CCOC1. The van der Waals surface area contributed by atoms with E-state index in [1.165, 1.54) is 17.0 Å². The molecule has 86 valence electrons.